The van der Waals surface area contributed by atoms with Crippen molar-refractivity contribution < 1.29 is 19.1 Å². The monoisotopic (exact) mass is 408 g/mol. The van der Waals surface area contributed by atoms with Crippen LogP contribution < -0.4 is 5.32 Å². The van der Waals surface area contributed by atoms with E-state index in [9.17, 15) is 14.4 Å². The molecule has 1 aliphatic carbocycles. The molecule has 1 N–H and O–H groups in total. The van der Waals surface area contributed by atoms with Gasteiger partial charge in [0.2, 0.25) is 5.91 Å². The number of amides is 2. The Labute approximate surface area is 155 Å². The minimum Gasteiger partial charge on any atom is -0.455 e. The molecule has 2 aliphatic rings. The lowest BCUT2D eigenvalue weighted by molar-refractivity contribution is -0.151. The fraction of sp³-hybridized carbons (Fsp3) is 0.500. The summed E-state index contributed by atoms with van der Waals surface area (Å²) in [7, 11) is 0. The number of anilines is 1. The highest BCUT2D eigenvalue weighted by Crippen LogP contribution is 2.30. The van der Waals surface area contributed by atoms with Gasteiger partial charge >= 0.3 is 5.97 Å². The molecular formula is C18H21BrN2O4. The van der Waals surface area contributed by atoms with Gasteiger partial charge in [0, 0.05) is 23.5 Å². The molecule has 1 saturated carbocycles. The number of likely N-dealkylation sites (tertiary alicyclic amines) is 1. The van der Waals surface area contributed by atoms with Crippen LogP contribution in [0.5, 0.6) is 0 Å². The fourth-order valence-corrected chi connectivity index (χ4v) is 3.85. The lowest BCUT2D eigenvalue weighted by Crippen LogP contribution is -2.35. The van der Waals surface area contributed by atoms with Crippen LogP contribution in [0.2, 0.25) is 0 Å². The Kier molecular flexibility index (Phi) is 5.73. The molecule has 0 unspecified atom stereocenters. The Morgan fingerprint density at radius 2 is 1.96 bits per heavy atom. The quantitative estimate of drug-likeness (QED) is 0.759. The second-order valence-corrected chi connectivity index (χ2v) is 7.38. The summed E-state index contributed by atoms with van der Waals surface area (Å²) >= 11 is 3.34. The van der Waals surface area contributed by atoms with Gasteiger partial charge in [-0.25, -0.2) is 0 Å². The molecule has 2 amide bonds. The number of halogens is 1. The molecule has 0 bridgehead atoms. The number of carbonyl (C=O) groups excluding carboxylic acids is 3. The van der Waals surface area contributed by atoms with Gasteiger partial charge in [-0.1, -0.05) is 25.0 Å². The van der Waals surface area contributed by atoms with Crippen LogP contribution in [0.25, 0.3) is 0 Å². The highest BCUT2D eigenvalue weighted by Gasteiger charge is 2.39. The molecule has 1 heterocycles. The zero-order chi connectivity index (χ0) is 17.8. The minimum absolute atomic E-state index is 0.0199. The molecule has 1 aliphatic heterocycles. The average molecular weight is 409 g/mol. The van der Waals surface area contributed by atoms with Crippen LogP contribution in [0.1, 0.15) is 32.1 Å². The van der Waals surface area contributed by atoms with E-state index in [0.717, 1.165) is 30.2 Å². The van der Waals surface area contributed by atoms with E-state index in [1.807, 2.05) is 17.0 Å². The number of para-hydroxylation sites is 1. The number of nitrogens with zero attached hydrogens (tertiary/aromatic N) is 1. The number of esters is 1. The summed E-state index contributed by atoms with van der Waals surface area (Å²) in [6, 6.07) is 7.47. The van der Waals surface area contributed by atoms with Crippen molar-refractivity contribution in [2.75, 3.05) is 18.5 Å². The van der Waals surface area contributed by atoms with Crippen LogP contribution in [-0.2, 0) is 19.1 Å². The summed E-state index contributed by atoms with van der Waals surface area (Å²) in [6.07, 6.45) is 4.49. The Morgan fingerprint density at radius 1 is 1.24 bits per heavy atom. The van der Waals surface area contributed by atoms with Gasteiger partial charge in [0.15, 0.2) is 6.61 Å². The number of ether oxygens (including phenoxy) is 1. The Bertz CT molecular complexity index is 673. The molecule has 25 heavy (non-hydrogen) atoms. The fourth-order valence-electron chi connectivity index (χ4n) is 3.46. The van der Waals surface area contributed by atoms with E-state index in [1.165, 1.54) is 0 Å². The molecule has 1 aromatic rings. The van der Waals surface area contributed by atoms with Crippen molar-refractivity contribution in [1.29, 1.82) is 0 Å². The first kappa shape index (κ1) is 17.9. The number of rotatable bonds is 5. The maximum absolute atomic E-state index is 12.2. The van der Waals surface area contributed by atoms with Crippen LogP contribution >= 0.6 is 15.9 Å². The number of hydrogen-bond acceptors (Lipinski definition) is 4. The molecule has 1 atom stereocenters. The zero-order valence-corrected chi connectivity index (χ0v) is 15.5. The van der Waals surface area contributed by atoms with Gasteiger partial charge in [0.1, 0.15) is 0 Å². The van der Waals surface area contributed by atoms with Crippen molar-refractivity contribution in [3.63, 3.8) is 0 Å². The van der Waals surface area contributed by atoms with Crippen molar-refractivity contribution in [1.82, 2.24) is 4.90 Å². The third-order valence-corrected chi connectivity index (χ3v) is 5.44. The van der Waals surface area contributed by atoms with Crippen molar-refractivity contribution in [3.05, 3.63) is 28.7 Å². The van der Waals surface area contributed by atoms with E-state index in [4.69, 9.17) is 4.74 Å². The number of hydrogen-bond donors (Lipinski definition) is 1. The van der Waals surface area contributed by atoms with E-state index in [0.29, 0.717) is 12.2 Å². The van der Waals surface area contributed by atoms with Gasteiger partial charge in [0.05, 0.1) is 11.6 Å². The molecule has 134 valence electrons. The smallest absolute Gasteiger partial charge is 0.311 e. The van der Waals surface area contributed by atoms with Gasteiger partial charge in [0.25, 0.3) is 5.91 Å². The van der Waals surface area contributed by atoms with Crippen molar-refractivity contribution in [3.8, 4) is 0 Å². The molecular weight excluding hydrogens is 388 g/mol. The van der Waals surface area contributed by atoms with Crippen LogP contribution in [0.3, 0.4) is 0 Å². The highest BCUT2D eigenvalue weighted by atomic mass is 79.9. The van der Waals surface area contributed by atoms with E-state index in [2.05, 4.69) is 21.2 Å². The van der Waals surface area contributed by atoms with E-state index >= 15 is 0 Å². The average Bonchev–Trinajstić information content (AvgIpc) is 3.24. The third kappa shape index (κ3) is 4.39. The maximum Gasteiger partial charge on any atom is 0.311 e. The predicted octanol–water partition coefficient (Wildman–Crippen LogP) is 2.72. The van der Waals surface area contributed by atoms with Gasteiger partial charge in [-0.15, -0.1) is 0 Å². The topological polar surface area (TPSA) is 75.7 Å². The van der Waals surface area contributed by atoms with Crippen molar-refractivity contribution in [2.45, 2.75) is 38.1 Å². The second-order valence-electron chi connectivity index (χ2n) is 6.52. The third-order valence-electron chi connectivity index (χ3n) is 4.75. The predicted molar refractivity (Wildman–Crippen MR) is 95.8 cm³/mol. The molecule has 0 aromatic heterocycles. The number of carbonyl (C=O) groups is 3. The van der Waals surface area contributed by atoms with Gasteiger partial charge in [-0.05, 0) is 40.9 Å². The molecule has 6 nitrogen and oxygen atoms in total. The van der Waals surface area contributed by atoms with Crippen molar-refractivity contribution >= 4 is 39.4 Å². The molecule has 0 radical (unpaired) electrons. The molecule has 7 heteroatoms. The van der Waals surface area contributed by atoms with Crippen LogP contribution in [-0.4, -0.2) is 41.9 Å². The van der Waals surface area contributed by atoms with Crippen molar-refractivity contribution in [2.24, 2.45) is 5.92 Å². The molecule has 1 saturated heterocycles. The highest BCUT2D eigenvalue weighted by molar-refractivity contribution is 9.10. The summed E-state index contributed by atoms with van der Waals surface area (Å²) in [5, 5.41) is 2.68. The number of benzene rings is 1. The Balaban J connectivity index is 1.47. The van der Waals surface area contributed by atoms with E-state index in [-0.39, 0.29) is 25.0 Å². The molecule has 3 rings (SSSR count). The maximum atomic E-state index is 12.2. The summed E-state index contributed by atoms with van der Waals surface area (Å²) in [6.45, 7) is 0.0580. The Morgan fingerprint density at radius 3 is 2.68 bits per heavy atom. The lowest BCUT2D eigenvalue weighted by Gasteiger charge is -2.23. The standard InChI is InChI=1S/C18H21BrN2O4/c19-14-7-3-4-8-15(14)20-16(22)11-25-18(24)12-9-17(23)21(10-12)13-5-1-2-6-13/h3-4,7-8,12-13H,1-2,5-6,9-11H2,(H,20,22)/t12-/m1/s1. The molecule has 1 aromatic carbocycles. The van der Waals surface area contributed by atoms with Crippen LogP contribution in [0.4, 0.5) is 5.69 Å². The summed E-state index contributed by atoms with van der Waals surface area (Å²) in [4.78, 5) is 38.1. The Hall–Kier alpha value is -1.89. The zero-order valence-electron chi connectivity index (χ0n) is 13.9. The molecule has 0 spiro atoms. The van der Waals surface area contributed by atoms with Crippen LogP contribution in [0, 0.1) is 5.92 Å². The first-order valence-electron chi connectivity index (χ1n) is 8.55. The van der Waals surface area contributed by atoms with Gasteiger partial charge in [-0.2, -0.15) is 0 Å². The summed E-state index contributed by atoms with van der Waals surface area (Å²) in [5.41, 5.74) is 0.618. The number of nitrogens with one attached hydrogen (secondary N) is 1. The SMILES string of the molecule is O=C(COC(=O)[C@@H]1CC(=O)N(C2CCCC2)C1)Nc1ccccc1Br. The van der Waals surface area contributed by atoms with Gasteiger partial charge < -0.3 is 15.0 Å². The second kappa shape index (κ2) is 7.99. The van der Waals surface area contributed by atoms with E-state index < -0.39 is 17.8 Å². The van der Waals surface area contributed by atoms with Gasteiger partial charge in [-0.3, -0.25) is 14.4 Å². The summed E-state index contributed by atoms with van der Waals surface area (Å²) in [5.74, 6) is -1.33. The normalized spacial score (nSPS) is 20.8. The van der Waals surface area contributed by atoms with E-state index in [1.54, 1.807) is 12.1 Å². The minimum atomic E-state index is -0.476. The largest absolute Gasteiger partial charge is 0.455 e. The first-order valence-corrected chi connectivity index (χ1v) is 9.34. The first-order chi connectivity index (χ1) is 12.0. The lowest BCUT2D eigenvalue weighted by atomic mass is 10.1. The molecule has 2 fully saturated rings. The van der Waals surface area contributed by atoms with Crippen LogP contribution in [0.15, 0.2) is 28.7 Å². The summed E-state index contributed by atoms with van der Waals surface area (Å²) < 4.78 is 5.87.